The second kappa shape index (κ2) is 11.2. The molecule has 1 aromatic carbocycles. The molecule has 0 unspecified atom stereocenters. The lowest BCUT2D eigenvalue weighted by molar-refractivity contribution is -0.138. The van der Waals surface area contributed by atoms with Crippen molar-refractivity contribution in [2.24, 2.45) is 4.99 Å². The van der Waals surface area contributed by atoms with Gasteiger partial charge in [-0.3, -0.25) is 9.78 Å². The van der Waals surface area contributed by atoms with Gasteiger partial charge in [-0.15, -0.1) is 0 Å². The van der Waals surface area contributed by atoms with Crippen molar-refractivity contribution in [2.75, 3.05) is 13.2 Å². The highest BCUT2D eigenvalue weighted by Crippen LogP contribution is 2.44. The van der Waals surface area contributed by atoms with Crippen molar-refractivity contribution in [1.82, 2.24) is 15.2 Å². The third kappa shape index (κ3) is 5.71. The van der Waals surface area contributed by atoms with Crippen LogP contribution in [0.3, 0.4) is 0 Å². The molecule has 0 saturated carbocycles. The monoisotopic (exact) mass is 488 g/mol. The molecular formula is C27H28N4O3S. The molecule has 0 spiro atoms. The Bertz CT molecular complexity index is 1220. The number of aryl methyl sites for hydroxylation is 1. The number of nitrogens with zero attached hydrogens (tertiary/aromatic N) is 3. The first kappa shape index (κ1) is 24.5. The maximum Gasteiger partial charge on any atom is 0.338 e. The molecule has 1 amide bonds. The number of aliphatic imine (C=N–C) groups is 1. The molecule has 1 aromatic heterocycles. The highest BCUT2D eigenvalue weighted by Gasteiger charge is 2.41. The predicted molar refractivity (Wildman–Crippen MR) is 138 cm³/mol. The largest absolute Gasteiger partial charge is 0.458 e. The van der Waals surface area contributed by atoms with E-state index in [0.29, 0.717) is 24.2 Å². The molecule has 180 valence electrons. The first-order valence-corrected chi connectivity index (χ1v) is 12.3. The van der Waals surface area contributed by atoms with E-state index >= 15 is 0 Å². The van der Waals surface area contributed by atoms with Crippen LogP contribution in [0.5, 0.6) is 0 Å². The SMILES string of the molecule is C=CCOC(=O)C1=C(C)N=C2SC=C(CC(=O)NCCc3ccccn3)N2[C@H]1c1cccc(C)c1. The second-order valence-electron chi connectivity index (χ2n) is 8.29. The summed E-state index contributed by atoms with van der Waals surface area (Å²) in [5, 5.41) is 5.65. The Morgan fingerprint density at radius 2 is 2.09 bits per heavy atom. The van der Waals surface area contributed by atoms with Crippen molar-refractivity contribution in [3.8, 4) is 0 Å². The molecule has 35 heavy (non-hydrogen) atoms. The summed E-state index contributed by atoms with van der Waals surface area (Å²) in [7, 11) is 0. The van der Waals surface area contributed by atoms with Gasteiger partial charge in [-0.05, 0) is 37.0 Å². The lowest BCUT2D eigenvalue weighted by Gasteiger charge is -2.36. The predicted octanol–water partition coefficient (Wildman–Crippen LogP) is 4.44. The van der Waals surface area contributed by atoms with Crippen molar-refractivity contribution in [3.05, 3.63) is 101 Å². The summed E-state index contributed by atoms with van der Waals surface area (Å²) in [5.74, 6) is -0.535. The number of amidine groups is 1. The zero-order valence-corrected chi connectivity index (χ0v) is 20.7. The van der Waals surface area contributed by atoms with E-state index in [1.54, 1.807) is 12.3 Å². The third-order valence-corrected chi connectivity index (χ3v) is 6.57. The Labute approximate surface area is 209 Å². The summed E-state index contributed by atoms with van der Waals surface area (Å²) in [6.07, 6.45) is 4.11. The fourth-order valence-electron chi connectivity index (χ4n) is 4.10. The average Bonchev–Trinajstić information content (AvgIpc) is 3.24. The lowest BCUT2D eigenvalue weighted by atomic mass is 9.93. The van der Waals surface area contributed by atoms with Gasteiger partial charge in [-0.25, -0.2) is 9.79 Å². The fourth-order valence-corrected chi connectivity index (χ4v) is 5.07. The number of hydrogen-bond donors (Lipinski definition) is 1. The molecule has 2 aromatic rings. The maximum atomic E-state index is 13.1. The topological polar surface area (TPSA) is 83.9 Å². The van der Waals surface area contributed by atoms with Crippen molar-refractivity contribution in [3.63, 3.8) is 0 Å². The molecule has 1 atom stereocenters. The molecule has 0 fully saturated rings. The van der Waals surface area contributed by atoms with Gasteiger partial charge in [-0.2, -0.15) is 0 Å². The van der Waals surface area contributed by atoms with Crippen LogP contribution in [0.1, 0.15) is 36.2 Å². The molecule has 7 nitrogen and oxygen atoms in total. The number of carbonyl (C=O) groups excluding carboxylic acids is 2. The number of aromatic nitrogens is 1. The van der Waals surface area contributed by atoms with Gasteiger partial charge < -0.3 is 15.0 Å². The molecule has 2 aliphatic rings. The number of hydrogen-bond acceptors (Lipinski definition) is 7. The first-order chi connectivity index (χ1) is 17.0. The van der Waals surface area contributed by atoms with Gasteiger partial charge in [0, 0.05) is 30.6 Å². The number of nitrogens with one attached hydrogen (secondary N) is 1. The molecule has 0 saturated heterocycles. The van der Waals surface area contributed by atoms with Gasteiger partial charge >= 0.3 is 5.97 Å². The standard InChI is InChI=1S/C27H28N4O3S/c1-4-14-34-26(33)24-19(3)30-27-31(25(24)20-9-7-8-18(2)15-20)22(17-35-27)16-23(32)29-13-11-21-10-5-6-12-28-21/h4-10,12,15,17,25H,1,11,13-14,16H2,2-3H3,(H,29,32)/t25-/m0/s1. The van der Waals surface area contributed by atoms with Gasteiger partial charge in [0.15, 0.2) is 5.17 Å². The molecule has 4 rings (SSSR count). The van der Waals surface area contributed by atoms with Crippen LogP contribution in [0.15, 0.2) is 88.7 Å². The van der Waals surface area contributed by atoms with Crippen LogP contribution in [0.4, 0.5) is 0 Å². The Morgan fingerprint density at radius 1 is 1.23 bits per heavy atom. The van der Waals surface area contributed by atoms with E-state index in [1.807, 2.05) is 60.6 Å². The minimum atomic E-state index is -0.442. The summed E-state index contributed by atoms with van der Waals surface area (Å²) >= 11 is 1.46. The highest BCUT2D eigenvalue weighted by molar-refractivity contribution is 8.16. The molecule has 2 aliphatic heterocycles. The Balaban J connectivity index is 1.56. The van der Waals surface area contributed by atoms with E-state index < -0.39 is 12.0 Å². The number of thioether (sulfide) groups is 1. The number of esters is 1. The zero-order valence-electron chi connectivity index (χ0n) is 19.9. The molecule has 0 aliphatic carbocycles. The Hall–Kier alpha value is -3.65. The molecule has 1 N–H and O–H groups in total. The smallest absolute Gasteiger partial charge is 0.338 e. The van der Waals surface area contributed by atoms with Gasteiger partial charge in [0.1, 0.15) is 6.61 Å². The van der Waals surface area contributed by atoms with Gasteiger partial charge in [0.2, 0.25) is 5.91 Å². The summed E-state index contributed by atoms with van der Waals surface area (Å²) in [6.45, 7) is 8.08. The van der Waals surface area contributed by atoms with E-state index in [-0.39, 0.29) is 18.9 Å². The number of fused-ring (bicyclic) bond motifs is 1. The first-order valence-electron chi connectivity index (χ1n) is 11.4. The van der Waals surface area contributed by atoms with Crippen molar-refractivity contribution in [2.45, 2.75) is 32.7 Å². The van der Waals surface area contributed by atoms with E-state index in [4.69, 9.17) is 4.74 Å². The van der Waals surface area contributed by atoms with E-state index in [0.717, 1.165) is 27.7 Å². The zero-order chi connectivity index (χ0) is 24.8. The van der Waals surface area contributed by atoms with Gasteiger partial charge in [0.05, 0.1) is 23.7 Å². The maximum absolute atomic E-state index is 13.1. The molecule has 3 heterocycles. The van der Waals surface area contributed by atoms with Crippen LogP contribution in [0.25, 0.3) is 0 Å². The van der Waals surface area contributed by atoms with Crippen LogP contribution in [-0.4, -0.2) is 40.1 Å². The molecule has 8 heteroatoms. The number of rotatable bonds is 9. The number of benzene rings is 1. The number of amides is 1. The van der Waals surface area contributed by atoms with Gasteiger partial charge in [-0.1, -0.05) is 60.3 Å². The number of allylic oxidation sites excluding steroid dienone is 1. The van der Waals surface area contributed by atoms with Crippen LogP contribution < -0.4 is 5.32 Å². The normalized spacial score (nSPS) is 16.9. The second-order valence-corrected chi connectivity index (χ2v) is 9.13. The van der Waals surface area contributed by atoms with E-state index in [1.165, 1.54) is 11.8 Å². The Kier molecular flexibility index (Phi) is 7.82. The lowest BCUT2D eigenvalue weighted by Crippen LogP contribution is -2.38. The van der Waals surface area contributed by atoms with Crippen LogP contribution in [0, 0.1) is 6.92 Å². The van der Waals surface area contributed by atoms with Crippen molar-refractivity contribution >= 4 is 28.8 Å². The summed E-state index contributed by atoms with van der Waals surface area (Å²) < 4.78 is 5.42. The summed E-state index contributed by atoms with van der Waals surface area (Å²) in [6, 6.07) is 13.3. The number of carbonyl (C=O) groups is 2. The van der Waals surface area contributed by atoms with Crippen molar-refractivity contribution in [1.29, 1.82) is 0 Å². The number of pyridine rings is 1. The summed E-state index contributed by atoms with van der Waals surface area (Å²) in [4.78, 5) is 36.9. The van der Waals surface area contributed by atoms with Gasteiger partial charge in [0.25, 0.3) is 0 Å². The fraction of sp³-hybridized carbons (Fsp3) is 0.259. The quantitative estimate of drug-likeness (QED) is 0.415. The third-order valence-electron chi connectivity index (χ3n) is 5.68. The number of ether oxygens (including phenoxy) is 1. The summed E-state index contributed by atoms with van der Waals surface area (Å²) in [5.41, 5.74) is 4.80. The Morgan fingerprint density at radius 3 is 2.83 bits per heavy atom. The minimum Gasteiger partial charge on any atom is -0.458 e. The van der Waals surface area contributed by atoms with Crippen LogP contribution in [-0.2, 0) is 20.7 Å². The molecule has 0 radical (unpaired) electrons. The van der Waals surface area contributed by atoms with Crippen molar-refractivity contribution < 1.29 is 14.3 Å². The average molecular weight is 489 g/mol. The minimum absolute atomic E-state index is 0.0981. The molecule has 0 bridgehead atoms. The van der Waals surface area contributed by atoms with E-state index in [9.17, 15) is 9.59 Å². The van der Waals surface area contributed by atoms with E-state index in [2.05, 4.69) is 27.9 Å². The molecular weight excluding hydrogens is 460 g/mol. The van der Waals surface area contributed by atoms with Crippen LogP contribution >= 0.6 is 11.8 Å². The highest BCUT2D eigenvalue weighted by atomic mass is 32.2. The van der Waals surface area contributed by atoms with Crippen LogP contribution in [0.2, 0.25) is 0 Å².